The fourth-order valence-corrected chi connectivity index (χ4v) is 8.04. The molecule has 1 heterocycles. The smallest absolute Gasteiger partial charge is 0.0311 e. The van der Waals surface area contributed by atoms with Gasteiger partial charge in [0.15, 0.2) is 0 Å². The molecule has 4 aliphatic rings. The van der Waals surface area contributed by atoms with E-state index in [1.165, 1.54) is 103 Å². The summed E-state index contributed by atoms with van der Waals surface area (Å²) in [6, 6.07) is 0. The van der Waals surface area contributed by atoms with E-state index in [4.69, 9.17) is 0 Å². The van der Waals surface area contributed by atoms with Crippen LogP contribution in [0.3, 0.4) is 0 Å². The highest BCUT2D eigenvalue weighted by Gasteiger charge is 2.33. The quantitative estimate of drug-likeness (QED) is 0.502. The van der Waals surface area contributed by atoms with Gasteiger partial charge in [0.25, 0.3) is 0 Å². The minimum absolute atomic E-state index is 0.903. The molecule has 0 aromatic carbocycles. The molecule has 0 aliphatic heterocycles. The van der Waals surface area contributed by atoms with E-state index in [9.17, 15) is 0 Å². The lowest BCUT2D eigenvalue weighted by Crippen LogP contribution is -2.13. The van der Waals surface area contributed by atoms with Gasteiger partial charge < -0.3 is 0 Å². The van der Waals surface area contributed by atoms with Crippen LogP contribution in [0.4, 0.5) is 0 Å². The highest BCUT2D eigenvalue weighted by molar-refractivity contribution is 7.13. The van der Waals surface area contributed by atoms with Crippen LogP contribution in [0.2, 0.25) is 0 Å². The van der Waals surface area contributed by atoms with Gasteiger partial charge in [-0.05, 0) is 79.9 Å². The number of rotatable bonds is 3. The maximum absolute atomic E-state index is 2.68. The Kier molecular flexibility index (Phi) is 5.27. The van der Waals surface area contributed by atoms with Gasteiger partial charge in [0, 0.05) is 9.75 Å². The van der Waals surface area contributed by atoms with Gasteiger partial charge in [-0.15, -0.1) is 11.3 Å². The highest BCUT2D eigenvalue weighted by Crippen LogP contribution is 2.51. The molecule has 1 heteroatoms. The molecule has 0 N–H and O–H groups in total. The average molecular weight is 369 g/mol. The third-order valence-corrected chi connectivity index (χ3v) is 9.28. The Labute approximate surface area is 164 Å². The van der Waals surface area contributed by atoms with Crippen molar-refractivity contribution in [2.75, 3.05) is 0 Å². The van der Waals surface area contributed by atoms with Gasteiger partial charge in [0.1, 0.15) is 0 Å². The summed E-state index contributed by atoms with van der Waals surface area (Å²) in [6.07, 6.45) is 26.1. The van der Waals surface area contributed by atoms with Crippen molar-refractivity contribution in [1.29, 1.82) is 0 Å². The molecule has 5 rings (SSSR count). The zero-order valence-electron chi connectivity index (χ0n) is 16.5. The first kappa shape index (κ1) is 17.5. The molecule has 1 aromatic heterocycles. The Balaban J connectivity index is 1.46. The van der Waals surface area contributed by atoms with Crippen LogP contribution in [-0.4, -0.2) is 0 Å². The van der Waals surface area contributed by atoms with Crippen LogP contribution in [-0.2, 0) is 6.42 Å². The lowest BCUT2D eigenvalue weighted by atomic mass is 9.77. The minimum atomic E-state index is 0.903. The van der Waals surface area contributed by atoms with Crippen molar-refractivity contribution in [2.24, 2.45) is 5.92 Å². The SMILES string of the molecule is C1=C(C2CCCCC2)Cc2c1sc(C1CCCCC1)c2C1CCCCC1. The van der Waals surface area contributed by atoms with Crippen molar-refractivity contribution >= 4 is 17.4 Å². The second kappa shape index (κ2) is 7.82. The lowest BCUT2D eigenvalue weighted by Gasteiger charge is -2.29. The Morgan fingerprint density at radius 3 is 1.77 bits per heavy atom. The van der Waals surface area contributed by atoms with Crippen LogP contribution in [0.25, 0.3) is 6.08 Å². The number of hydrogen-bond donors (Lipinski definition) is 0. The van der Waals surface area contributed by atoms with E-state index in [1.807, 2.05) is 21.6 Å². The molecule has 26 heavy (non-hydrogen) atoms. The van der Waals surface area contributed by atoms with Gasteiger partial charge >= 0.3 is 0 Å². The summed E-state index contributed by atoms with van der Waals surface area (Å²) in [7, 11) is 0. The summed E-state index contributed by atoms with van der Waals surface area (Å²) in [5.74, 6) is 2.73. The van der Waals surface area contributed by atoms with Gasteiger partial charge in [-0.1, -0.05) is 63.4 Å². The van der Waals surface area contributed by atoms with Crippen molar-refractivity contribution < 1.29 is 0 Å². The van der Waals surface area contributed by atoms with E-state index in [-0.39, 0.29) is 0 Å². The third kappa shape index (κ3) is 3.34. The second-order valence-electron chi connectivity index (χ2n) is 9.62. The summed E-state index contributed by atoms with van der Waals surface area (Å²) in [6.45, 7) is 0. The van der Waals surface area contributed by atoms with E-state index < -0.39 is 0 Å². The maximum Gasteiger partial charge on any atom is 0.0311 e. The molecule has 0 radical (unpaired) electrons. The van der Waals surface area contributed by atoms with Crippen LogP contribution in [0.15, 0.2) is 5.57 Å². The summed E-state index contributed by atoms with van der Waals surface area (Å²) in [5, 5.41) is 0. The summed E-state index contributed by atoms with van der Waals surface area (Å²) in [5.41, 5.74) is 5.54. The summed E-state index contributed by atoms with van der Waals surface area (Å²) >= 11 is 2.24. The molecular weight excluding hydrogens is 332 g/mol. The molecule has 0 atom stereocenters. The van der Waals surface area contributed by atoms with Gasteiger partial charge in [-0.2, -0.15) is 0 Å². The monoisotopic (exact) mass is 368 g/mol. The lowest BCUT2D eigenvalue weighted by molar-refractivity contribution is 0.399. The number of allylic oxidation sites excluding steroid dienone is 1. The van der Waals surface area contributed by atoms with E-state index >= 15 is 0 Å². The standard InChI is InChI=1S/C25H36S/c1-4-10-18(11-5-1)21-16-22-23(17-21)26-25(20-14-8-3-9-15-20)24(22)19-12-6-2-7-13-19/h17-20H,1-16H2. The average Bonchev–Trinajstić information content (AvgIpc) is 3.28. The van der Waals surface area contributed by atoms with Crippen LogP contribution < -0.4 is 0 Å². The summed E-state index contributed by atoms with van der Waals surface area (Å²) < 4.78 is 0. The molecule has 0 saturated heterocycles. The number of thiophene rings is 1. The zero-order chi connectivity index (χ0) is 17.3. The first-order valence-electron chi connectivity index (χ1n) is 11.8. The van der Waals surface area contributed by atoms with E-state index in [0.29, 0.717) is 0 Å². The summed E-state index contributed by atoms with van der Waals surface area (Å²) in [4.78, 5) is 3.56. The van der Waals surface area contributed by atoms with Gasteiger partial charge in [-0.3, -0.25) is 0 Å². The van der Waals surface area contributed by atoms with Crippen molar-refractivity contribution in [2.45, 2.75) is 115 Å². The number of hydrogen-bond acceptors (Lipinski definition) is 1. The van der Waals surface area contributed by atoms with Crippen molar-refractivity contribution in [3.8, 4) is 0 Å². The predicted molar refractivity (Wildman–Crippen MR) is 114 cm³/mol. The molecule has 1 aromatic rings. The Hall–Kier alpha value is -0.560. The Bertz CT molecular complexity index is 646. The molecule has 0 unspecified atom stereocenters. The zero-order valence-corrected chi connectivity index (χ0v) is 17.3. The fraction of sp³-hybridized carbons (Fsp3) is 0.760. The second-order valence-corrected chi connectivity index (χ2v) is 10.7. The Morgan fingerprint density at radius 2 is 1.15 bits per heavy atom. The molecule has 0 spiro atoms. The van der Waals surface area contributed by atoms with E-state index in [1.54, 1.807) is 4.88 Å². The van der Waals surface area contributed by atoms with Gasteiger partial charge in [0.2, 0.25) is 0 Å². The van der Waals surface area contributed by atoms with Crippen LogP contribution >= 0.6 is 11.3 Å². The van der Waals surface area contributed by atoms with Crippen LogP contribution in [0.5, 0.6) is 0 Å². The molecule has 0 bridgehead atoms. The highest BCUT2D eigenvalue weighted by atomic mass is 32.1. The molecule has 3 fully saturated rings. The third-order valence-electron chi connectivity index (χ3n) is 7.92. The van der Waals surface area contributed by atoms with Gasteiger partial charge in [-0.25, -0.2) is 0 Å². The largest absolute Gasteiger partial charge is 0.140 e. The molecule has 0 nitrogen and oxygen atoms in total. The van der Waals surface area contributed by atoms with Crippen molar-refractivity contribution in [3.63, 3.8) is 0 Å². The molecule has 4 aliphatic carbocycles. The molecular formula is C25H36S. The minimum Gasteiger partial charge on any atom is -0.140 e. The molecule has 3 saturated carbocycles. The normalized spacial score (nSPS) is 26.1. The molecule has 142 valence electrons. The number of fused-ring (bicyclic) bond motifs is 1. The fourth-order valence-electron chi connectivity index (χ4n) is 6.48. The van der Waals surface area contributed by atoms with E-state index in [2.05, 4.69) is 17.4 Å². The molecule has 0 amide bonds. The Morgan fingerprint density at radius 1 is 0.615 bits per heavy atom. The van der Waals surface area contributed by atoms with Crippen LogP contribution in [0, 0.1) is 5.92 Å². The first-order valence-corrected chi connectivity index (χ1v) is 12.6. The first-order chi connectivity index (χ1) is 12.9. The van der Waals surface area contributed by atoms with Crippen molar-refractivity contribution in [3.05, 3.63) is 26.5 Å². The predicted octanol–water partition coefficient (Wildman–Crippen LogP) is 8.36. The van der Waals surface area contributed by atoms with Crippen molar-refractivity contribution in [1.82, 2.24) is 0 Å². The van der Waals surface area contributed by atoms with E-state index in [0.717, 1.165) is 17.8 Å². The topological polar surface area (TPSA) is 0 Å². The van der Waals surface area contributed by atoms with Crippen LogP contribution in [0.1, 0.15) is 129 Å². The van der Waals surface area contributed by atoms with Gasteiger partial charge in [0.05, 0.1) is 0 Å². The maximum atomic E-state index is 2.68.